The van der Waals surface area contributed by atoms with Crippen molar-refractivity contribution >= 4 is 24.0 Å². The van der Waals surface area contributed by atoms with Crippen molar-refractivity contribution in [2.75, 3.05) is 12.4 Å². The van der Waals surface area contributed by atoms with E-state index in [0.717, 1.165) is 43.6 Å². The minimum Gasteiger partial charge on any atom is -0.494 e. The van der Waals surface area contributed by atoms with E-state index < -0.39 is 0 Å². The third kappa shape index (κ3) is 3.14. The summed E-state index contributed by atoms with van der Waals surface area (Å²) in [5, 5.41) is 15.2. The topological polar surface area (TPSA) is 108 Å². The van der Waals surface area contributed by atoms with E-state index in [1.165, 1.54) is 0 Å². The van der Waals surface area contributed by atoms with Gasteiger partial charge in [0.05, 0.1) is 13.0 Å². The lowest BCUT2D eigenvalue weighted by atomic mass is 9.84. The summed E-state index contributed by atoms with van der Waals surface area (Å²) in [6.07, 6.45) is 5.55. The van der Waals surface area contributed by atoms with Gasteiger partial charge in [0, 0.05) is 17.6 Å². The van der Waals surface area contributed by atoms with Gasteiger partial charge < -0.3 is 15.8 Å². The molecule has 1 amide bonds. The van der Waals surface area contributed by atoms with Crippen LogP contribution in [0.25, 0.3) is 5.69 Å². The molecule has 1 heterocycles. The van der Waals surface area contributed by atoms with Crippen LogP contribution < -0.4 is 15.8 Å². The average Bonchev–Trinajstić information content (AvgIpc) is 3.09. The van der Waals surface area contributed by atoms with Crippen molar-refractivity contribution in [3.8, 4) is 11.4 Å². The maximum Gasteiger partial charge on any atom is 0.229 e. The number of rotatable bonds is 5. The van der Waals surface area contributed by atoms with Gasteiger partial charge in [-0.1, -0.05) is 0 Å². The Labute approximate surface area is 169 Å². The predicted octanol–water partition coefficient (Wildman–Crippen LogP) is 2.28. The molecule has 0 spiro atoms. The molecule has 8 nitrogen and oxygen atoms in total. The molecular weight excluding hydrogens is 380 g/mol. The van der Waals surface area contributed by atoms with Gasteiger partial charge in [-0.25, -0.2) is 0 Å². The Balaban J connectivity index is 0.00000192. The second-order valence-electron chi connectivity index (χ2n) is 8.04. The number of carbonyl (C=O) groups is 1. The maximum atomic E-state index is 12.9. The number of methoxy groups -OCH3 is 1. The number of ether oxygens (including phenoxy) is 1. The Hall–Kier alpha value is -2.19. The van der Waals surface area contributed by atoms with Crippen LogP contribution in [-0.2, 0) is 4.79 Å². The molecule has 0 saturated heterocycles. The fourth-order valence-electron chi connectivity index (χ4n) is 4.85. The van der Waals surface area contributed by atoms with Crippen LogP contribution in [0.15, 0.2) is 18.2 Å². The van der Waals surface area contributed by atoms with E-state index in [-0.39, 0.29) is 30.3 Å². The Bertz CT molecular complexity index is 881. The number of tetrazole rings is 1. The lowest BCUT2D eigenvalue weighted by molar-refractivity contribution is -0.121. The van der Waals surface area contributed by atoms with Gasteiger partial charge in [-0.2, -0.15) is 4.68 Å². The van der Waals surface area contributed by atoms with E-state index in [0.29, 0.717) is 29.2 Å². The second-order valence-corrected chi connectivity index (χ2v) is 8.04. The first-order valence-corrected chi connectivity index (χ1v) is 9.69. The Morgan fingerprint density at radius 1 is 1.25 bits per heavy atom. The van der Waals surface area contributed by atoms with Crippen molar-refractivity contribution in [1.82, 2.24) is 20.2 Å². The predicted molar refractivity (Wildman–Crippen MR) is 106 cm³/mol. The molecule has 3 N–H and O–H groups in total. The van der Waals surface area contributed by atoms with Crippen LogP contribution in [-0.4, -0.2) is 39.3 Å². The summed E-state index contributed by atoms with van der Waals surface area (Å²) in [5.74, 6) is 2.75. The Kier molecular flexibility index (Phi) is 5.01. The summed E-state index contributed by atoms with van der Waals surface area (Å²) in [7, 11) is 1.62. The van der Waals surface area contributed by atoms with E-state index in [2.05, 4.69) is 20.8 Å². The van der Waals surface area contributed by atoms with E-state index in [4.69, 9.17) is 10.5 Å². The van der Waals surface area contributed by atoms with Crippen LogP contribution in [0, 0.1) is 17.8 Å². The van der Waals surface area contributed by atoms with Gasteiger partial charge in [0.15, 0.2) is 5.82 Å². The minimum atomic E-state index is -0.0932. The third-order valence-electron chi connectivity index (χ3n) is 6.39. The maximum absolute atomic E-state index is 12.9. The highest BCUT2D eigenvalue weighted by atomic mass is 35.5. The van der Waals surface area contributed by atoms with Crippen LogP contribution in [0.4, 0.5) is 5.69 Å². The fourth-order valence-corrected chi connectivity index (χ4v) is 4.85. The quantitative estimate of drug-likeness (QED) is 0.791. The summed E-state index contributed by atoms with van der Waals surface area (Å²) in [6, 6.07) is 5.53. The summed E-state index contributed by atoms with van der Waals surface area (Å²) >= 11 is 0. The first-order chi connectivity index (χ1) is 13.2. The SMILES string of the molecule is COc1ccc(NC(=O)C2C3CCC(C3)C2N)cc1-n1nnnc1C1CC1.Cl. The van der Waals surface area contributed by atoms with E-state index >= 15 is 0 Å². The molecule has 4 unspecified atom stereocenters. The number of nitrogens with one attached hydrogen (secondary N) is 1. The van der Waals surface area contributed by atoms with Crippen molar-refractivity contribution in [3.05, 3.63) is 24.0 Å². The van der Waals surface area contributed by atoms with Crippen molar-refractivity contribution < 1.29 is 9.53 Å². The molecule has 0 aliphatic heterocycles. The number of benzene rings is 1. The van der Waals surface area contributed by atoms with E-state index in [9.17, 15) is 4.79 Å². The third-order valence-corrected chi connectivity index (χ3v) is 6.39. The summed E-state index contributed by atoms with van der Waals surface area (Å²) in [6.45, 7) is 0. The first-order valence-electron chi connectivity index (χ1n) is 9.69. The number of fused-ring (bicyclic) bond motifs is 2. The molecule has 2 bridgehead atoms. The second kappa shape index (κ2) is 7.33. The molecule has 3 fully saturated rings. The number of halogens is 1. The highest BCUT2D eigenvalue weighted by Gasteiger charge is 2.49. The largest absolute Gasteiger partial charge is 0.494 e. The zero-order chi connectivity index (χ0) is 18.5. The number of nitrogens with zero attached hydrogens (tertiary/aromatic N) is 4. The Morgan fingerprint density at radius 3 is 2.71 bits per heavy atom. The van der Waals surface area contributed by atoms with Crippen molar-refractivity contribution in [2.45, 2.75) is 44.1 Å². The number of hydrogen-bond donors (Lipinski definition) is 2. The summed E-state index contributed by atoms with van der Waals surface area (Å²) in [5.41, 5.74) is 7.77. The zero-order valence-electron chi connectivity index (χ0n) is 15.7. The molecule has 4 atom stereocenters. The monoisotopic (exact) mass is 404 g/mol. The lowest BCUT2D eigenvalue weighted by Crippen LogP contribution is -2.42. The van der Waals surface area contributed by atoms with E-state index in [1.54, 1.807) is 11.8 Å². The zero-order valence-corrected chi connectivity index (χ0v) is 16.6. The van der Waals surface area contributed by atoms with Crippen molar-refractivity contribution in [2.24, 2.45) is 23.5 Å². The van der Waals surface area contributed by atoms with Crippen LogP contribution in [0.5, 0.6) is 5.75 Å². The number of nitrogens with two attached hydrogens (primary N) is 1. The molecule has 2 aromatic rings. The van der Waals surface area contributed by atoms with Gasteiger partial charge in [0.25, 0.3) is 0 Å². The first kappa shape index (κ1) is 19.1. The Morgan fingerprint density at radius 2 is 2.04 bits per heavy atom. The molecule has 9 heteroatoms. The molecule has 28 heavy (non-hydrogen) atoms. The molecule has 5 rings (SSSR count). The van der Waals surface area contributed by atoms with Crippen LogP contribution >= 0.6 is 12.4 Å². The molecular formula is C19H25ClN6O2. The molecule has 3 saturated carbocycles. The van der Waals surface area contributed by atoms with Gasteiger partial charge in [0.2, 0.25) is 5.91 Å². The summed E-state index contributed by atoms with van der Waals surface area (Å²) < 4.78 is 7.21. The van der Waals surface area contributed by atoms with Gasteiger partial charge in [-0.3, -0.25) is 4.79 Å². The fraction of sp³-hybridized carbons (Fsp3) is 0.579. The van der Waals surface area contributed by atoms with Crippen LogP contribution in [0.3, 0.4) is 0 Å². The molecule has 3 aliphatic rings. The lowest BCUT2D eigenvalue weighted by Gasteiger charge is -2.27. The number of hydrogen-bond acceptors (Lipinski definition) is 6. The summed E-state index contributed by atoms with van der Waals surface area (Å²) in [4.78, 5) is 12.9. The van der Waals surface area contributed by atoms with Crippen molar-refractivity contribution in [1.29, 1.82) is 0 Å². The molecule has 150 valence electrons. The molecule has 1 aromatic carbocycles. The number of carbonyl (C=O) groups excluding carboxylic acids is 1. The normalized spacial score (nSPS) is 28.1. The highest BCUT2D eigenvalue weighted by Crippen LogP contribution is 2.48. The number of amides is 1. The van der Waals surface area contributed by atoms with Gasteiger partial charge >= 0.3 is 0 Å². The van der Waals surface area contributed by atoms with Crippen LogP contribution in [0.2, 0.25) is 0 Å². The smallest absolute Gasteiger partial charge is 0.229 e. The number of anilines is 1. The number of aromatic nitrogens is 4. The van der Waals surface area contributed by atoms with Crippen molar-refractivity contribution in [3.63, 3.8) is 0 Å². The molecule has 1 aromatic heterocycles. The van der Waals surface area contributed by atoms with Crippen LogP contribution in [0.1, 0.15) is 43.8 Å². The minimum absolute atomic E-state index is 0. The highest BCUT2D eigenvalue weighted by molar-refractivity contribution is 5.94. The molecule has 3 aliphatic carbocycles. The van der Waals surface area contributed by atoms with Gasteiger partial charge in [-0.05, 0) is 72.6 Å². The molecule has 0 radical (unpaired) electrons. The van der Waals surface area contributed by atoms with Gasteiger partial charge in [-0.15, -0.1) is 17.5 Å². The average molecular weight is 405 g/mol. The van der Waals surface area contributed by atoms with E-state index in [1.807, 2.05) is 18.2 Å². The standard InChI is InChI=1S/C19H24N6O2.ClH/c1-27-15-7-6-13(9-14(15)25-18(10-2-3-10)22-23-24-25)21-19(26)16-11-4-5-12(8-11)17(16)20;/h6-7,9-12,16-17H,2-5,8,20H2,1H3,(H,21,26);1H. The van der Waals surface area contributed by atoms with Gasteiger partial charge in [0.1, 0.15) is 11.4 Å².